The molecule has 5 rings (SSSR count). The van der Waals surface area contributed by atoms with Gasteiger partial charge in [0.1, 0.15) is 12.1 Å². The molecule has 0 aliphatic carbocycles. The van der Waals surface area contributed by atoms with Gasteiger partial charge in [-0.25, -0.2) is 14.4 Å². The Kier molecular flexibility index (Phi) is 5.85. The first-order valence-corrected chi connectivity index (χ1v) is 12.5. The van der Waals surface area contributed by atoms with E-state index in [1.165, 1.54) is 6.07 Å². The van der Waals surface area contributed by atoms with Crippen LogP contribution < -0.4 is 5.73 Å². The van der Waals surface area contributed by atoms with Crippen LogP contribution in [-0.2, 0) is 11.2 Å². The summed E-state index contributed by atoms with van der Waals surface area (Å²) in [4.78, 5) is 24.3. The van der Waals surface area contributed by atoms with E-state index in [1.54, 1.807) is 58.6 Å². The van der Waals surface area contributed by atoms with Crippen molar-refractivity contribution in [2.75, 3.05) is 19.3 Å². The maximum atomic E-state index is 14.3. The lowest BCUT2D eigenvalue weighted by Crippen LogP contribution is -2.31. The molecule has 2 aromatic carbocycles. The Balaban J connectivity index is 1.57. The number of nitrogens with zero attached hydrogens (tertiary/aromatic N) is 4. The number of likely N-dealkylation sites (tertiary alicyclic amines) is 1. The van der Waals surface area contributed by atoms with Crippen molar-refractivity contribution in [1.29, 1.82) is 0 Å². The van der Waals surface area contributed by atoms with Crippen LogP contribution in [0.1, 0.15) is 22.3 Å². The molecular formula is C25H24FN5O2S. The maximum Gasteiger partial charge on any atom is 0.253 e. The van der Waals surface area contributed by atoms with E-state index >= 15 is 0 Å². The smallest absolute Gasteiger partial charge is 0.253 e. The zero-order valence-corrected chi connectivity index (χ0v) is 19.7. The van der Waals surface area contributed by atoms with Crippen LogP contribution in [0.2, 0.25) is 0 Å². The van der Waals surface area contributed by atoms with E-state index in [4.69, 9.17) is 5.73 Å². The number of fused-ring (bicyclic) bond motifs is 1. The molecule has 9 heteroatoms. The Morgan fingerprint density at radius 1 is 1.21 bits per heavy atom. The summed E-state index contributed by atoms with van der Waals surface area (Å²) in [5.41, 5.74) is 9.08. The van der Waals surface area contributed by atoms with E-state index in [1.807, 2.05) is 13.0 Å². The zero-order valence-electron chi connectivity index (χ0n) is 18.9. The van der Waals surface area contributed by atoms with Gasteiger partial charge in [0.25, 0.3) is 5.91 Å². The lowest BCUT2D eigenvalue weighted by molar-refractivity contribution is 0.0791. The molecule has 4 aromatic rings. The molecule has 2 atom stereocenters. The second-order valence-electron chi connectivity index (χ2n) is 8.60. The van der Waals surface area contributed by atoms with Gasteiger partial charge in [-0.2, -0.15) is 0 Å². The van der Waals surface area contributed by atoms with E-state index < -0.39 is 11.2 Å². The maximum absolute atomic E-state index is 14.3. The standard InChI is InChI=1S/C25H24FN5O2S/c1-15-3-6-21(26)20(9-15)17-11-28-25(29-12-17)31-14-23(34(2)33)19-5-4-16(10-22(19)31)24(32)30-8-7-18(27)13-30/h3-6,9-12,14,18H,7-8,13,27H2,1-2H3. The topological polar surface area (TPSA) is 100 Å². The summed E-state index contributed by atoms with van der Waals surface area (Å²) in [6.07, 6.45) is 7.24. The number of halogens is 1. The van der Waals surface area contributed by atoms with Gasteiger partial charge in [-0.05, 0) is 54.9 Å². The number of aromatic nitrogens is 3. The fraction of sp³-hybridized carbons (Fsp3) is 0.240. The van der Waals surface area contributed by atoms with Gasteiger partial charge in [0.05, 0.1) is 17.1 Å². The highest BCUT2D eigenvalue weighted by Crippen LogP contribution is 2.30. The third-order valence-corrected chi connectivity index (χ3v) is 7.07. The summed E-state index contributed by atoms with van der Waals surface area (Å²) in [6, 6.07) is 10.2. The van der Waals surface area contributed by atoms with Crippen molar-refractivity contribution < 1.29 is 13.7 Å². The van der Waals surface area contributed by atoms with Gasteiger partial charge in [0.2, 0.25) is 5.95 Å². The van der Waals surface area contributed by atoms with Gasteiger partial charge in [-0.3, -0.25) is 9.36 Å². The first kappa shape index (κ1) is 22.5. The fourth-order valence-corrected chi connectivity index (χ4v) is 5.06. The molecule has 2 unspecified atom stereocenters. The Hall–Kier alpha value is -3.27. The third-order valence-electron chi connectivity index (χ3n) is 6.12. The molecule has 7 nitrogen and oxygen atoms in total. The minimum absolute atomic E-state index is 0.00388. The van der Waals surface area contributed by atoms with Crippen LogP contribution in [0.15, 0.2) is 59.9 Å². The van der Waals surface area contributed by atoms with Crippen LogP contribution in [0.25, 0.3) is 28.0 Å². The van der Waals surface area contributed by atoms with E-state index in [-0.39, 0.29) is 17.8 Å². The monoisotopic (exact) mass is 477 g/mol. The van der Waals surface area contributed by atoms with E-state index in [9.17, 15) is 13.7 Å². The Morgan fingerprint density at radius 3 is 2.65 bits per heavy atom. The van der Waals surface area contributed by atoms with Crippen LogP contribution in [-0.4, -0.2) is 55.3 Å². The second kappa shape index (κ2) is 8.83. The summed E-state index contributed by atoms with van der Waals surface area (Å²) in [6.45, 7) is 3.05. The van der Waals surface area contributed by atoms with Crippen molar-refractivity contribution in [2.45, 2.75) is 24.3 Å². The van der Waals surface area contributed by atoms with Gasteiger partial charge < -0.3 is 15.2 Å². The van der Waals surface area contributed by atoms with Gasteiger partial charge in [-0.1, -0.05) is 11.6 Å². The highest BCUT2D eigenvalue weighted by Gasteiger charge is 2.26. The van der Waals surface area contributed by atoms with Crippen molar-refractivity contribution in [3.05, 3.63) is 71.9 Å². The Bertz CT molecular complexity index is 1390. The largest absolute Gasteiger partial charge is 0.612 e. The molecule has 1 fully saturated rings. The first-order chi connectivity index (χ1) is 16.3. The summed E-state index contributed by atoms with van der Waals surface area (Å²) < 4.78 is 28.4. The predicted octanol–water partition coefficient (Wildman–Crippen LogP) is 3.45. The molecule has 2 N–H and O–H groups in total. The number of carbonyl (C=O) groups excluding carboxylic acids is 1. The zero-order chi connectivity index (χ0) is 24.0. The third kappa shape index (κ3) is 4.06. The molecular weight excluding hydrogens is 453 g/mol. The Morgan fingerprint density at radius 2 is 1.97 bits per heavy atom. The summed E-state index contributed by atoms with van der Waals surface area (Å²) in [5.74, 6) is -0.0962. The number of hydrogen-bond donors (Lipinski definition) is 1. The van der Waals surface area contributed by atoms with E-state index in [2.05, 4.69) is 9.97 Å². The van der Waals surface area contributed by atoms with Crippen molar-refractivity contribution in [2.24, 2.45) is 5.73 Å². The molecule has 1 aliphatic heterocycles. The van der Waals surface area contributed by atoms with Crippen molar-refractivity contribution >= 4 is 28.0 Å². The highest BCUT2D eigenvalue weighted by molar-refractivity contribution is 7.91. The molecule has 0 radical (unpaired) electrons. The van der Waals surface area contributed by atoms with E-state index in [0.29, 0.717) is 46.1 Å². The normalized spacial score (nSPS) is 16.9. The number of aryl methyl sites for hydroxylation is 1. The number of hydrogen-bond acceptors (Lipinski definition) is 5. The van der Waals surface area contributed by atoms with Gasteiger partial charge in [-0.15, -0.1) is 0 Å². The average molecular weight is 478 g/mol. The molecule has 1 aliphatic rings. The van der Waals surface area contributed by atoms with Crippen LogP contribution in [0.4, 0.5) is 4.39 Å². The SMILES string of the molecule is Cc1ccc(F)c(-c2cnc(-n3cc([S+](C)[O-])c4ccc(C(=O)N5CCC(N)C5)cc43)nc2)c1. The first-order valence-electron chi connectivity index (χ1n) is 10.9. The molecule has 2 aromatic heterocycles. The summed E-state index contributed by atoms with van der Waals surface area (Å²) >= 11 is -1.26. The van der Waals surface area contributed by atoms with Gasteiger partial charge in [0.15, 0.2) is 4.90 Å². The quantitative estimate of drug-likeness (QED) is 0.454. The number of carbonyl (C=O) groups is 1. The van der Waals surface area contributed by atoms with E-state index in [0.717, 1.165) is 17.4 Å². The van der Waals surface area contributed by atoms with Crippen molar-refractivity contribution in [1.82, 2.24) is 19.4 Å². The second-order valence-corrected chi connectivity index (χ2v) is 9.95. The van der Waals surface area contributed by atoms with Crippen molar-refractivity contribution in [3.63, 3.8) is 0 Å². The molecule has 1 saturated heterocycles. The minimum atomic E-state index is -1.26. The summed E-state index contributed by atoms with van der Waals surface area (Å²) in [7, 11) is 0. The van der Waals surface area contributed by atoms with Gasteiger partial charge >= 0.3 is 0 Å². The minimum Gasteiger partial charge on any atom is -0.612 e. The number of amides is 1. The van der Waals surface area contributed by atoms with Crippen LogP contribution in [0.5, 0.6) is 0 Å². The predicted molar refractivity (Wildman–Crippen MR) is 130 cm³/mol. The van der Waals surface area contributed by atoms with Crippen LogP contribution in [0.3, 0.4) is 0 Å². The van der Waals surface area contributed by atoms with Crippen LogP contribution >= 0.6 is 0 Å². The molecule has 34 heavy (non-hydrogen) atoms. The molecule has 0 saturated carbocycles. The number of rotatable bonds is 4. The average Bonchev–Trinajstić information content (AvgIpc) is 3.44. The molecule has 174 valence electrons. The van der Waals surface area contributed by atoms with Gasteiger partial charge in [0, 0.05) is 48.2 Å². The number of benzene rings is 2. The lowest BCUT2D eigenvalue weighted by atomic mass is 10.1. The Labute approximate surface area is 199 Å². The van der Waals surface area contributed by atoms with Crippen LogP contribution in [0, 0.1) is 12.7 Å². The molecule has 1 amide bonds. The highest BCUT2D eigenvalue weighted by atomic mass is 32.2. The molecule has 0 spiro atoms. The molecule has 3 heterocycles. The molecule has 0 bridgehead atoms. The number of nitrogens with two attached hydrogens (primary N) is 1. The van der Waals surface area contributed by atoms with Crippen molar-refractivity contribution in [3.8, 4) is 17.1 Å². The lowest BCUT2D eigenvalue weighted by Gasteiger charge is -2.16. The fourth-order valence-electron chi connectivity index (χ4n) is 4.32. The summed E-state index contributed by atoms with van der Waals surface area (Å²) in [5, 5.41) is 0.757.